The van der Waals surface area contributed by atoms with Crippen molar-refractivity contribution in [2.75, 3.05) is 0 Å². The molecule has 4 heteroatoms. The van der Waals surface area contributed by atoms with E-state index in [0.717, 1.165) is 15.7 Å². The van der Waals surface area contributed by atoms with Crippen LogP contribution in [-0.4, -0.2) is 9.78 Å². The van der Waals surface area contributed by atoms with Gasteiger partial charge in [-0.1, -0.05) is 34.1 Å². The minimum Gasteiger partial charge on any atom is -0.268 e. The summed E-state index contributed by atoms with van der Waals surface area (Å²) in [5, 5.41) is 4.29. The number of aromatic nitrogens is 2. The van der Waals surface area contributed by atoms with Crippen molar-refractivity contribution < 1.29 is 0 Å². The predicted octanol–water partition coefficient (Wildman–Crippen LogP) is 2.86. The molecule has 0 N–H and O–H groups in total. The quantitative estimate of drug-likeness (QED) is 0.815. The molecule has 0 aliphatic carbocycles. The molecule has 0 spiro atoms. The Morgan fingerprint density at radius 2 is 2.18 bits per heavy atom. The number of benzene rings is 1. The second-order valence-electron chi connectivity index (χ2n) is 3.54. The van der Waals surface area contributed by atoms with Crippen LogP contribution in [0, 0.1) is 0 Å². The first-order valence-electron chi connectivity index (χ1n) is 5.16. The Morgan fingerprint density at radius 3 is 2.88 bits per heavy atom. The molecular weight excluding hydrogens is 280 g/mol. The zero-order valence-corrected chi connectivity index (χ0v) is 10.7. The summed E-state index contributed by atoms with van der Waals surface area (Å²) in [6.45, 7) is 4.02. The molecule has 0 fully saturated rings. The predicted molar refractivity (Wildman–Crippen MR) is 71.8 cm³/mol. The van der Waals surface area contributed by atoms with Gasteiger partial charge < -0.3 is 0 Å². The smallest absolute Gasteiger partial charge is 0.267 e. The molecule has 17 heavy (non-hydrogen) atoms. The standard InChI is InChI=1S/C13H11BrN2O/c1-2-8-16-13(17)7-6-12(15-16)10-4-3-5-11(14)9-10/h2-7,9H,1,8H2. The van der Waals surface area contributed by atoms with Crippen LogP contribution < -0.4 is 5.56 Å². The van der Waals surface area contributed by atoms with Gasteiger partial charge in [0.1, 0.15) is 0 Å². The third-order valence-corrected chi connectivity index (χ3v) is 2.78. The van der Waals surface area contributed by atoms with Gasteiger partial charge in [0, 0.05) is 16.1 Å². The number of nitrogens with zero attached hydrogens (tertiary/aromatic N) is 2. The van der Waals surface area contributed by atoms with E-state index >= 15 is 0 Å². The average molecular weight is 291 g/mol. The van der Waals surface area contributed by atoms with Crippen LogP contribution in [0.25, 0.3) is 11.3 Å². The first kappa shape index (κ1) is 11.8. The van der Waals surface area contributed by atoms with Gasteiger partial charge in [0.25, 0.3) is 5.56 Å². The Bertz CT molecular complexity index is 604. The van der Waals surface area contributed by atoms with Crippen LogP contribution in [0.4, 0.5) is 0 Å². The van der Waals surface area contributed by atoms with Gasteiger partial charge in [0.2, 0.25) is 0 Å². The Labute approximate surface area is 108 Å². The summed E-state index contributed by atoms with van der Waals surface area (Å²) in [6, 6.07) is 11.0. The Morgan fingerprint density at radius 1 is 1.35 bits per heavy atom. The summed E-state index contributed by atoms with van der Waals surface area (Å²) in [5.74, 6) is 0. The first-order chi connectivity index (χ1) is 8.20. The molecule has 1 heterocycles. The summed E-state index contributed by atoms with van der Waals surface area (Å²) in [7, 11) is 0. The zero-order chi connectivity index (χ0) is 12.3. The third kappa shape index (κ3) is 2.71. The molecule has 3 nitrogen and oxygen atoms in total. The van der Waals surface area contributed by atoms with Crippen molar-refractivity contribution in [2.24, 2.45) is 0 Å². The lowest BCUT2D eigenvalue weighted by Gasteiger charge is -2.05. The van der Waals surface area contributed by atoms with Gasteiger partial charge in [0.15, 0.2) is 0 Å². The zero-order valence-electron chi connectivity index (χ0n) is 9.14. The van der Waals surface area contributed by atoms with Crippen molar-refractivity contribution in [2.45, 2.75) is 6.54 Å². The molecule has 1 aromatic carbocycles. The maximum Gasteiger partial charge on any atom is 0.267 e. The van der Waals surface area contributed by atoms with Gasteiger partial charge >= 0.3 is 0 Å². The third-order valence-electron chi connectivity index (χ3n) is 2.29. The molecule has 0 saturated carbocycles. The van der Waals surface area contributed by atoms with Gasteiger partial charge in [-0.3, -0.25) is 4.79 Å². The monoisotopic (exact) mass is 290 g/mol. The Balaban J connectivity index is 2.49. The van der Waals surface area contributed by atoms with Gasteiger partial charge in [-0.05, 0) is 18.2 Å². The maximum absolute atomic E-state index is 11.5. The fourth-order valence-electron chi connectivity index (χ4n) is 1.50. The minimum atomic E-state index is -0.122. The summed E-state index contributed by atoms with van der Waals surface area (Å²) in [4.78, 5) is 11.5. The Hall–Kier alpha value is -1.68. The van der Waals surface area contributed by atoms with E-state index in [-0.39, 0.29) is 5.56 Å². The molecule has 2 rings (SSSR count). The van der Waals surface area contributed by atoms with E-state index in [1.807, 2.05) is 24.3 Å². The van der Waals surface area contributed by atoms with Crippen LogP contribution in [-0.2, 0) is 6.54 Å². The summed E-state index contributed by atoms with van der Waals surface area (Å²) in [5.41, 5.74) is 1.62. The fraction of sp³-hybridized carbons (Fsp3) is 0.0769. The molecule has 2 aromatic rings. The van der Waals surface area contributed by atoms with Gasteiger partial charge in [-0.15, -0.1) is 6.58 Å². The van der Waals surface area contributed by atoms with E-state index in [4.69, 9.17) is 0 Å². The molecule has 0 aliphatic rings. The first-order valence-corrected chi connectivity index (χ1v) is 5.95. The van der Waals surface area contributed by atoms with Crippen molar-refractivity contribution in [3.63, 3.8) is 0 Å². The van der Waals surface area contributed by atoms with Crippen LogP contribution >= 0.6 is 15.9 Å². The summed E-state index contributed by atoms with van der Waals surface area (Å²) < 4.78 is 2.38. The molecule has 0 amide bonds. The highest BCUT2D eigenvalue weighted by molar-refractivity contribution is 9.10. The maximum atomic E-state index is 11.5. The molecule has 0 saturated heterocycles. The number of hydrogen-bond donors (Lipinski definition) is 0. The second kappa shape index (κ2) is 5.10. The van der Waals surface area contributed by atoms with E-state index in [0.29, 0.717) is 6.54 Å². The lowest BCUT2D eigenvalue weighted by Crippen LogP contribution is -2.21. The van der Waals surface area contributed by atoms with Crippen molar-refractivity contribution in [3.05, 3.63) is 63.9 Å². The topological polar surface area (TPSA) is 34.9 Å². The van der Waals surface area contributed by atoms with Gasteiger partial charge in [0.05, 0.1) is 12.2 Å². The van der Waals surface area contributed by atoms with E-state index in [1.165, 1.54) is 10.7 Å². The van der Waals surface area contributed by atoms with Gasteiger partial charge in [-0.2, -0.15) is 5.10 Å². The number of hydrogen-bond acceptors (Lipinski definition) is 2. The summed E-state index contributed by atoms with van der Waals surface area (Å²) >= 11 is 3.41. The van der Waals surface area contributed by atoms with E-state index < -0.39 is 0 Å². The lowest BCUT2D eigenvalue weighted by molar-refractivity contribution is 0.656. The largest absolute Gasteiger partial charge is 0.268 e. The van der Waals surface area contributed by atoms with Crippen LogP contribution in [0.2, 0.25) is 0 Å². The number of allylic oxidation sites excluding steroid dienone is 1. The highest BCUT2D eigenvalue weighted by Gasteiger charge is 2.02. The van der Waals surface area contributed by atoms with Crippen LogP contribution in [0.3, 0.4) is 0 Å². The molecular formula is C13H11BrN2O. The van der Waals surface area contributed by atoms with Crippen LogP contribution in [0.15, 0.2) is 58.3 Å². The fourth-order valence-corrected chi connectivity index (χ4v) is 1.90. The number of halogens is 1. The number of rotatable bonds is 3. The second-order valence-corrected chi connectivity index (χ2v) is 4.45. The van der Waals surface area contributed by atoms with Gasteiger partial charge in [-0.25, -0.2) is 4.68 Å². The summed E-state index contributed by atoms with van der Waals surface area (Å²) in [6.07, 6.45) is 1.65. The molecule has 86 valence electrons. The van der Waals surface area contributed by atoms with Crippen molar-refractivity contribution >= 4 is 15.9 Å². The van der Waals surface area contributed by atoms with Crippen molar-refractivity contribution in [1.29, 1.82) is 0 Å². The van der Waals surface area contributed by atoms with E-state index in [9.17, 15) is 4.79 Å². The van der Waals surface area contributed by atoms with Crippen molar-refractivity contribution in [3.8, 4) is 11.3 Å². The highest BCUT2D eigenvalue weighted by Crippen LogP contribution is 2.19. The van der Waals surface area contributed by atoms with E-state index in [1.54, 1.807) is 12.1 Å². The molecule has 0 aliphatic heterocycles. The normalized spacial score (nSPS) is 10.2. The molecule has 0 unspecified atom stereocenters. The Kier molecular flexibility index (Phi) is 3.54. The molecule has 0 atom stereocenters. The molecule has 1 aromatic heterocycles. The average Bonchev–Trinajstić information content (AvgIpc) is 2.32. The molecule has 0 radical (unpaired) electrons. The molecule has 0 bridgehead atoms. The van der Waals surface area contributed by atoms with Crippen LogP contribution in [0.5, 0.6) is 0 Å². The highest BCUT2D eigenvalue weighted by atomic mass is 79.9. The SMILES string of the molecule is C=CCn1nc(-c2cccc(Br)c2)ccc1=O. The minimum absolute atomic E-state index is 0.122. The van der Waals surface area contributed by atoms with Crippen molar-refractivity contribution in [1.82, 2.24) is 9.78 Å². The van der Waals surface area contributed by atoms with E-state index in [2.05, 4.69) is 27.6 Å². The van der Waals surface area contributed by atoms with Crippen LogP contribution in [0.1, 0.15) is 0 Å². The lowest BCUT2D eigenvalue weighted by atomic mass is 10.1.